The highest BCUT2D eigenvalue weighted by atomic mass is 32.2. The van der Waals surface area contributed by atoms with Crippen molar-refractivity contribution in [3.05, 3.63) is 29.3 Å². The Bertz CT molecular complexity index is 933. The maximum atomic E-state index is 13.1. The molecule has 1 aromatic rings. The first-order chi connectivity index (χ1) is 15.7. The van der Waals surface area contributed by atoms with Crippen molar-refractivity contribution < 1.29 is 22.7 Å². The maximum Gasteiger partial charge on any atom is 0.243 e. The number of ether oxygens (including phenoxy) is 1. The number of methoxy groups -OCH3 is 1. The molecule has 2 saturated heterocycles. The molecule has 0 radical (unpaired) electrons. The van der Waals surface area contributed by atoms with Crippen LogP contribution in [-0.4, -0.2) is 75.9 Å². The van der Waals surface area contributed by atoms with Gasteiger partial charge in [-0.05, 0) is 57.6 Å². The van der Waals surface area contributed by atoms with E-state index in [-0.39, 0.29) is 23.7 Å². The van der Waals surface area contributed by atoms with Crippen molar-refractivity contribution in [3.63, 3.8) is 0 Å². The molecule has 1 aromatic carbocycles. The minimum absolute atomic E-state index is 0.0543. The number of piperidine rings is 2. The van der Waals surface area contributed by atoms with Gasteiger partial charge in [-0.1, -0.05) is 17.7 Å². The Morgan fingerprint density at radius 3 is 2.27 bits per heavy atom. The van der Waals surface area contributed by atoms with Crippen molar-refractivity contribution in [1.82, 2.24) is 14.5 Å². The molecule has 1 N–H and O–H groups in total. The Labute approximate surface area is 197 Å². The predicted molar refractivity (Wildman–Crippen MR) is 126 cm³/mol. The number of aryl methyl sites for hydroxylation is 2. The van der Waals surface area contributed by atoms with Gasteiger partial charge in [-0.15, -0.1) is 0 Å². The third kappa shape index (κ3) is 6.33. The number of hydrogen-bond donors (Lipinski definition) is 1. The molecule has 2 heterocycles. The predicted octanol–water partition coefficient (Wildman–Crippen LogP) is 2.10. The molecule has 8 nitrogen and oxygen atoms in total. The fraction of sp³-hybridized carbons (Fsp3) is 0.667. The van der Waals surface area contributed by atoms with Crippen LogP contribution in [0.4, 0.5) is 0 Å². The van der Waals surface area contributed by atoms with Crippen LogP contribution in [0.3, 0.4) is 0 Å². The lowest BCUT2D eigenvalue weighted by molar-refractivity contribution is -0.140. The Hall–Kier alpha value is -1.97. The quantitative estimate of drug-likeness (QED) is 0.576. The SMILES string of the molecule is COCCCNC(=O)C1CCN(C(=O)C2CCN(S(=O)(=O)c3ccc(C)cc3C)CC2)CC1. The van der Waals surface area contributed by atoms with Gasteiger partial charge in [0.05, 0.1) is 4.90 Å². The summed E-state index contributed by atoms with van der Waals surface area (Å²) in [6.45, 7) is 6.86. The van der Waals surface area contributed by atoms with Crippen molar-refractivity contribution in [1.29, 1.82) is 0 Å². The summed E-state index contributed by atoms with van der Waals surface area (Å²) in [7, 11) is -1.91. The van der Waals surface area contributed by atoms with Gasteiger partial charge in [0.25, 0.3) is 0 Å². The number of rotatable bonds is 8. The lowest BCUT2D eigenvalue weighted by atomic mass is 9.92. The molecule has 0 atom stereocenters. The van der Waals surface area contributed by atoms with Crippen molar-refractivity contribution in [2.45, 2.75) is 50.8 Å². The minimum atomic E-state index is -3.56. The number of sulfonamides is 1. The monoisotopic (exact) mass is 479 g/mol. The van der Waals surface area contributed by atoms with Gasteiger partial charge in [-0.25, -0.2) is 8.42 Å². The van der Waals surface area contributed by atoms with E-state index < -0.39 is 10.0 Å². The molecule has 184 valence electrons. The highest BCUT2D eigenvalue weighted by Gasteiger charge is 2.36. The third-order valence-electron chi connectivity index (χ3n) is 6.75. The molecule has 0 spiro atoms. The second-order valence-corrected chi connectivity index (χ2v) is 11.1. The molecule has 3 rings (SSSR count). The molecule has 2 amide bonds. The van der Waals surface area contributed by atoms with Gasteiger partial charge < -0.3 is 15.0 Å². The molecule has 33 heavy (non-hydrogen) atoms. The van der Waals surface area contributed by atoms with Crippen LogP contribution in [0.1, 0.15) is 43.2 Å². The second-order valence-electron chi connectivity index (χ2n) is 9.18. The van der Waals surface area contributed by atoms with E-state index in [4.69, 9.17) is 4.74 Å². The van der Waals surface area contributed by atoms with E-state index in [0.717, 1.165) is 17.5 Å². The topological polar surface area (TPSA) is 96.0 Å². The number of likely N-dealkylation sites (tertiary alicyclic amines) is 1. The van der Waals surface area contributed by atoms with Gasteiger partial charge in [-0.3, -0.25) is 9.59 Å². The smallest absolute Gasteiger partial charge is 0.243 e. The number of nitrogens with zero attached hydrogens (tertiary/aromatic N) is 2. The van der Waals surface area contributed by atoms with Crippen molar-refractivity contribution >= 4 is 21.8 Å². The van der Waals surface area contributed by atoms with Crippen molar-refractivity contribution in [2.24, 2.45) is 11.8 Å². The molecule has 0 unspecified atom stereocenters. The Morgan fingerprint density at radius 1 is 1.03 bits per heavy atom. The van der Waals surface area contributed by atoms with E-state index in [2.05, 4.69) is 5.32 Å². The van der Waals surface area contributed by atoms with Crippen LogP contribution in [-0.2, 0) is 24.3 Å². The molecule has 2 aliphatic rings. The number of carbonyl (C=O) groups excluding carboxylic acids is 2. The zero-order chi connectivity index (χ0) is 24.0. The minimum Gasteiger partial charge on any atom is -0.385 e. The van der Waals surface area contributed by atoms with E-state index in [1.54, 1.807) is 13.2 Å². The van der Waals surface area contributed by atoms with Gasteiger partial charge >= 0.3 is 0 Å². The zero-order valence-corrected chi connectivity index (χ0v) is 20.8. The van der Waals surface area contributed by atoms with Crippen LogP contribution in [0.5, 0.6) is 0 Å². The number of hydrogen-bond acceptors (Lipinski definition) is 5. The molecule has 2 fully saturated rings. The summed E-state index contributed by atoms with van der Waals surface area (Å²) in [4.78, 5) is 27.5. The van der Waals surface area contributed by atoms with Crippen LogP contribution in [0, 0.1) is 25.7 Å². The van der Waals surface area contributed by atoms with Crippen LogP contribution in [0.2, 0.25) is 0 Å². The highest BCUT2D eigenvalue weighted by molar-refractivity contribution is 7.89. The summed E-state index contributed by atoms with van der Waals surface area (Å²) in [5.41, 5.74) is 1.78. The van der Waals surface area contributed by atoms with Gasteiger partial charge in [0.2, 0.25) is 21.8 Å². The number of carbonyl (C=O) groups is 2. The molecule has 0 saturated carbocycles. The van der Waals surface area contributed by atoms with Gasteiger partial charge in [0, 0.05) is 58.3 Å². The van der Waals surface area contributed by atoms with E-state index in [1.165, 1.54) is 4.31 Å². The van der Waals surface area contributed by atoms with E-state index in [0.29, 0.717) is 69.9 Å². The maximum absolute atomic E-state index is 13.1. The average Bonchev–Trinajstić information content (AvgIpc) is 2.81. The van der Waals surface area contributed by atoms with Crippen molar-refractivity contribution in [3.8, 4) is 0 Å². The number of benzene rings is 1. The Balaban J connectivity index is 1.47. The van der Waals surface area contributed by atoms with E-state index in [9.17, 15) is 18.0 Å². The Morgan fingerprint density at radius 2 is 1.67 bits per heavy atom. The lowest BCUT2D eigenvalue weighted by Gasteiger charge is -2.36. The molecule has 0 bridgehead atoms. The lowest BCUT2D eigenvalue weighted by Crippen LogP contribution is -2.48. The van der Waals surface area contributed by atoms with Gasteiger partial charge in [0.1, 0.15) is 0 Å². The fourth-order valence-corrected chi connectivity index (χ4v) is 6.44. The number of amides is 2. The van der Waals surface area contributed by atoms with E-state index >= 15 is 0 Å². The molecule has 9 heteroatoms. The van der Waals surface area contributed by atoms with Crippen molar-refractivity contribution in [2.75, 3.05) is 46.4 Å². The van der Waals surface area contributed by atoms with Crippen LogP contribution < -0.4 is 5.32 Å². The molecule has 2 aliphatic heterocycles. The number of nitrogens with one attached hydrogen (secondary N) is 1. The Kier molecular flexibility index (Phi) is 8.89. The fourth-order valence-electron chi connectivity index (χ4n) is 4.76. The summed E-state index contributed by atoms with van der Waals surface area (Å²) in [6.07, 6.45) is 3.19. The van der Waals surface area contributed by atoms with Crippen LogP contribution in [0.15, 0.2) is 23.1 Å². The summed E-state index contributed by atoms with van der Waals surface area (Å²) in [6, 6.07) is 5.38. The van der Waals surface area contributed by atoms with E-state index in [1.807, 2.05) is 30.9 Å². The molecular formula is C24H37N3O5S. The summed E-state index contributed by atoms with van der Waals surface area (Å²) in [5, 5.41) is 2.95. The molecular weight excluding hydrogens is 442 g/mol. The first-order valence-corrected chi connectivity index (χ1v) is 13.3. The van der Waals surface area contributed by atoms with Crippen LogP contribution >= 0.6 is 0 Å². The summed E-state index contributed by atoms with van der Waals surface area (Å²) < 4.78 is 32.7. The molecule has 0 aliphatic carbocycles. The summed E-state index contributed by atoms with van der Waals surface area (Å²) >= 11 is 0. The largest absolute Gasteiger partial charge is 0.385 e. The highest BCUT2D eigenvalue weighted by Crippen LogP contribution is 2.28. The molecule has 0 aromatic heterocycles. The zero-order valence-electron chi connectivity index (χ0n) is 20.0. The van der Waals surface area contributed by atoms with Gasteiger partial charge in [0.15, 0.2) is 0 Å². The first-order valence-electron chi connectivity index (χ1n) is 11.9. The second kappa shape index (κ2) is 11.4. The van der Waals surface area contributed by atoms with Crippen LogP contribution in [0.25, 0.3) is 0 Å². The normalized spacial score (nSPS) is 18.9. The standard InChI is InChI=1S/C24H37N3O5S/c1-18-5-6-22(19(2)17-18)33(30,31)27-14-9-21(10-15-27)24(29)26-12-7-20(8-13-26)23(28)25-11-4-16-32-3/h5-6,17,20-21H,4,7-16H2,1-3H3,(H,25,28). The summed E-state index contributed by atoms with van der Waals surface area (Å²) in [5.74, 6) is -0.0584. The van der Waals surface area contributed by atoms with Gasteiger partial charge in [-0.2, -0.15) is 4.31 Å². The first kappa shape index (κ1) is 25.6. The average molecular weight is 480 g/mol. The third-order valence-corrected chi connectivity index (χ3v) is 8.81.